The maximum atomic E-state index is 11.3. The van der Waals surface area contributed by atoms with Gasteiger partial charge in [0.25, 0.3) is 0 Å². The molecule has 0 aliphatic carbocycles. The highest BCUT2D eigenvalue weighted by Crippen LogP contribution is 2.29. The number of carboxylic acid groups (broad SMARTS) is 1. The molecule has 0 heterocycles. The third kappa shape index (κ3) is 5.37. The molecule has 0 aromatic heterocycles. The average Bonchev–Trinajstić information content (AvgIpc) is 2.62. The Labute approximate surface area is 164 Å². The van der Waals surface area contributed by atoms with Gasteiger partial charge in [-0.2, -0.15) is 0 Å². The number of carboxylic acids is 1. The molecule has 0 saturated heterocycles. The molecular weight excluding hydrogens is 360 g/mol. The summed E-state index contributed by atoms with van der Waals surface area (Å²) in [4.78, 5) is 12.5. The van der Waals surface area contributed by atoms with Gasteiger partial charge in [0, 0.05) is 4.90 Å². The molecule has 0 fully saturated rings. The fourth-order valence-electron chi connectivity index (χ4n) is 2.65. The van der Waals surface area contributed by atoms with Gasteiger partial charge in [0.05, 0.1) is 6.10 Å². The number of rotatable bonds is 7. The van der Waals surface area contributed by atoms with Crippen LogP contribution in [0.4, 0.5) is 0 Å². The Morgan fingerprint density at radius 1 is 1.15 bits per heavy atom. The van der Waals surface area contributed by atoms with Gasteiger partial charge in [-0.15, -0.1) is 11.8 Å². The number of hydrogen-bond donors (Lipinski definition) is 2. The van der Waals surface area contributed by atoms with Crippen molar-refractivity contribution in [1.29, 1.82) is 0 Å². The first kappa shape index (κ1) is 21.1. The van der Waals surface area contributed by atoms with Crippen LogP contribution in [0, 0.1) is 13.8 Å². The highest BCUT2D eigenvalue weighted by molar-refractivity contribution is 7.98. The van der Waals surface area contributed by atoms with E-state index in [1.54, 1.807) is 17.8 Å². The molecule has 2 aromatic carbocycles. The van der Waals surface area contributed by atoms with E-state index in [9.17, 15) is 15.0 Å². The highest BCUT2D eigenvalue weighted by Gasteiger charge is 2.30. The lowest BCUT2D eigenvalue weighted by molar-refractivity contribution is -0.152. The Morgan fingerprint density at radius 2 is 1.70 bits per heavy atom. The molecule has 0 radical (unpaired) electrons. The summed E-state index contributed by atoms with van der Waals surface area (Å²) in [6, 6.07) is 11.6. The zero-order chi connectivity index (χ0) is 20.2. The van der Waals surface area contributed by atoms with E-state index in [0.717, 1.165) is 27.1 Å². The van der Waals surface area contributed by atoms with Crippen LogP contribution in [-0.2, 0) is 4.79 Å². The van der Waals surface area contributed by atoms with Crippen LogP contribution in [0.25, 0.3) is 6.08 Å². The molecule has 5 heteroatoms. The summed E-state index contributed by atoms with van der Waals surface area (Å²) in [5.41, 5.74) is 2.16. The Bertz CT molecular complexity index is 815. The van der Waals surface area contributed by atoms with Gasteiger partial charge < -0.3 is 14.9 Å². The van der Waals surface area contributed by atoms with Crippen molar-refractivity contribution in [2.45, 2.75) is 44.3 Å². The van der Waals surface area contributed by atoms with E-state index in [1.165, 1.54) is 13.8 Å². The first-order chi connectivity index (χ1) is 12.6. The number of aliphatic hydroxyl groups is 1. The predicted octanol–water partition coefficient (Wildman–Crippen LogP) is 5.01. The lowest BCUT2D eigenvalue weighted by Gasteiger charge is -2.24. The van der Waals surface area contributed by atoms with E-state index in [4.69, 9.17) is 4.74 Å². The number of aryl methyl sites for hydroxylation is 2. The van der Waals surface area contributed by atoms with Crippen molar-refractivity contribution >= 4 is 23.8 Å². The Hall–Kier alpha value is -2.24. The largest absolute Gasteiger partial charge is 0.478 e. The second-order valence-corrected chi connectivity index (χ2v) is 7.86. The summed E-state index contributed by atoms with van der Waals surface area (Å²) in [7, 11) is 0. The van der Waals surface area contributed by atoms with Crippen LogP contribution in [0.3, 0.4) is 0 Å². The van der Waals surface area contributed by atoms with Gasteiger partial charge in [0.1, 0.15) is 5.75 Å². The summed E-state index contributed by atoms with van der Waals surface area (Å²) in [5, 5.41) is 19.6. The second kappa shape index (κ2) is 8.63. The fraction of sp³-hybridized carbons (Fsp3) is 0.318. The molecule has 1 unspecified atom stereocenters. The molecule has 4 nitrogen and oxygen atoms in total. The first-order valence-corrected chi connectivity index (χ1v) is 9.90. The lowest BCUT2D eigenvalue weighted by atomic mass is 10.0. The van der Waals surface area contributed by atoms with Crippen LogP contribution < -0.4 is 4.74 Å². The Morgan fingerprint density at radius 3 is 2.19 bits per heavy atom. The summed E-state index contributed by atoms with van der Waals surface area (Å²) >= 11 is 1.66. The summed E-state index contributed by atoms with van der Waals surface area (Å²) in [5.74, 6) is -0.436. The molecule has 27 heavy (non-hydrogen) atoms. The molecule has 0 spiro atoms. The lowest BCUT2D eigenvalue weighted by Crippen LogP contribution is -2.38. The van der Waals surface area contributed by atoms with E-state index < -0.39 is 17.7 Å². The van der Waals surface area contributed by atoms with Crippen molar-refractivity contribution in [2.75, 3.05) is 6.26 Å². The Balaban J connectivity index is 2.19. The van der Waals surface area contributed by atoms with Crippen LogP contribution in [0.5, 0.6) is 5.75 Å². The summed E-state index contributed by atoms with van der Waals surface area (Å²) in [6.07, 6.45) is 4.92. The van der Waals surface area contributed by atoms with Crippen molar-refractivity contribution in [1.82, 2.24) is 0 Å². The van der Waals surface area contributed by atoms with Gasteiger partial charge in [-0.25, -0.2) is 4.79 Å². The van der Waals surface area contributed by atoms with Gasteiger partial charge in [0.2, 0.25) is 0 Å². The first-order valence-electron chi connectivity index (χ1n) is 8.68. The van der Waals surface area contributed by atoms with Crippen molar-refractivity contribution < 1.29 is 19.7 Å². The van der Waals surface area contributed by atoms with Crippen LogP contribution >= 0.6 is 11.8 Å². The zero-order valence-electron chi connectivity index (χ0n) is 16.3. The van der Waals surface area contributed by atoms with Crippen molar-refractivity contribution in [3.8, 4) is 5.75 Å². The van der Waals surface area contributed by atoms with Crippen LogP contribution in [-0.4, -0.2) is 28.0 Å². The van der Waals surface area contributed by atoms with E-state index in [-0.39, 0.29) is 0 Å². The van der Waals surface area contributed by atoms with Gasteiger partial charge in [-0.3, -0.25) is 0 Å². The quantitative estimate of drug-likeness (QED) is 0.655. The number of carbonyl (C=O) groups is 1. The third-order valence-corrected chi connectivity index (χ3v) is 5.03. The average molecular weight is 387 g/mol. The Kier molecular flexibility index (Phi) is 6.73. The van der Waals surface area contributed by atoms with E-state index in [1.807, 2.05) is 62.6 Å². The fourth-order valence-corrected chi connectivity index (χ4v) is 3.06. The maximum Gasteiger partial charge on any atom is 0.347 e. The smallest absolute Gasteiger partial charge is 0.347 e. The third-order valence-electron chi connectivity index (χ3n) is 4.28. The molecule has 0 amide bonds. The molecular formula is C22H26O4S. The number of hydrogen-bond acceptors (Lipinski definition) is 4. The minimum absolute atomic E-state index is 0.577. The number of ether oxygens (including phenoxy) is 1. The number of aliphatic hydroxyl groups excluding tert-OH is 1. The monoisotopic (exact) mass is 386 g/mol. The van der Waals surface area contributed by atoms with Crippen molar-refractivity contribution in [3.05, 3.63) is 64.7 Å². The zero-order valence-corrected chi connectivity index (χ0v) is 17.1. The van der Waals surface area contributed by atoms with Crippen LogP contribution in [0.2, 0.25) is 0 Å². The van der Waals surface area contributed by atoms with E-state index in [0.29, 0.717) is 5.75 Å². The second-order valence-electron chi connectivity index (χ2n) is 6.98. The number of benzene rings is 2. The van der Waals surface area contributed by atoms with Crippen LogP contribution in [0.1, 0.15) is 42.2 Å². The molecule has 0 aliphatic heterocycles. The van der Waals surface area contributed by atoms with Crippen LogP contribution in [0.15, 0.2) is 47.4 Å². The SMILES string of the molecule is CSc1ccc(C(O)/C=C/c2cc(C)c(OC(C)(C)C(=O)O)c(C)c2)cc1. The van der Waals surface area contributed by atoms with Gasteiger partial charge >= 0.3 is 5.97 Å². The molecule has 1 atom stereocenters. The van der Waals surface area contributed by atoms with Crippen molar-refractivity contribution in [3.63, 3.8) is 0 Å². The molecule has 0 aliphatic rings. The molecule has 2 rings (SSSR count). The highest BCUT2D eigenvalue weighted by atomic mass is 32.2. The molecule has 2 aromatic rings. The molecule has 2 N–H and O–H groups in total. The minimum atomic E-state index is -1.30. The van der Waals surface area contributed by atoms with Crippen molar-refractivity contribution in [2.24, 2.45) is 0 Å². The topological polar surface area (TPSA) is 66.8 Å². The molecule has 0 saturated carbocycles. The number of thioether (sulfide) groups is 1. The van der Waals surface area contributed by atoms with Gasteiger partial charge in [-0.1, -0.05) is 24.3 Å². The van der Waals surface area contributed by atoms with E-state index >= 15 is 0 Å². The predicted molar refractivity (Wildman–Crippen MR) is 110 cm³/mol. The summed E-state index contributed by atoms with van der Waals surface area (Å²) in [6.45, 7) is 6.83. The molecule has 144 valence electrons. The van der Waals surface area contributed by atoms with Gasteiger partial charge in [0.15, 0.2) is 5.60 Å². The van der Waals surface area contributed by atoms with E-state index in [2.05, 4.69) is 0 Å². The normalized spacial score (nSPS) is 13.0. The van der Waals surface area contributed by atoms with Gasteiger partial charge in [-0.05, 0) is 80.5 Å². The number of aliphatic carboxylic acids is 1. The summed E-state index contributed by atoms with van der Waals surface area (Å²) < 4.78 is 5.72. The minimum Gasteiger partial charge on any atom is -0.478 e. The standard InChI is InChI=1S/C22H26O4S/c1-14-12-16(13-15(2)20(14)26-22(3,4)21(24)25)6-11-19(23)17-7-9-18(27-5)10-8-17/h6-13,19,23H,1-5H3,(H,24,25)/b11-6+. The maximum absolute atomic E-state index is 11.3. The molecule has 0 bridgehead atoms.